The van der Waals surface area contributed by atoms with E-state index in [4.69, 9.17) is 9.47 Å². The molecule has 29 heavy (non-hydrogen) atoms. The zero-order valence-electron chi connectivity index (χ0n) is 16.4. The van der Waals surface area contributed by atoms with Crippen molar-refractivity contribution in [3.8, 4) is 0 Å². The van der Waals surface area contributed by atoms with E-state index >= 15 is 0 Å². The summed E-state index contributed by atoms with van der Waals surface area (Å²) in [5.41, 5.74) is -1.86. The number of amides is 1. The molecule has 0 fully saturated rings. The van der Waals surface area contributed by atoms with E-state index in [2.05, 4.69) is 0 Å². The summed E-state index contributed by atoms with van der Waals surface area (Å²) in [5, 5.41) is 0. The summed E-state index contributed by atoms with van der Waals surface area (Å²) in [6.45, 7) is 2.81. The summed E-state index contributed by atoms with van der Waals surface area (Å²) in [4.78, 5) is 64.7. The Morgan fingerprint density at radius 1 is 1.03 bits per heavy atom. The van der Waals surface area contributed by atoms with Crippen LogP contribution in [0.4, 0.5) is 0 Å². The lowest BCUT2D eigenvalue weighted by molar-refractivity contribution is -0.159. The highest BCUT2D eigenvalue weighted by atomic mass is 16.5. The largest absolute Gasteiger partial charge is 0.466 e. The molecule has 1 atom stereocenters. The van der Waals surface area contributed by atoms with Gasteiger partial charge in [0.15, 0.2) is 11.2 Å². The molecule has 0 saturated carbocycles. The third kappa shape index (κ3) is 3.04. The van der Waals surface area contributed by atoms with Crippen LogP contribution in [0.2, 0.25) is 0 Å². The average molecular weight is 399 g/mol. The molecule has 1 aliphatic carbocycles. The molecule has 1 heterocycles. The third-order valence-corrected chi connectivity index (χ3v) is 5.15. The predicted molar refractivity (Wildman–Crippen MR) is 99.8 cm³/mol. The van der Waals surface area contributed by atoms with Crippen molar-refractivity contribution in [2.75, 3.05) is 20.3 Å². The van der Waals surface area contributed by atoms with Crippen molar-refractivity contribution in [1.82, 2.24) is 4.90 Å². The normalized spacial score (nSPS) is 20.5. The molecule has 0 N–H and O–H groups in total. The molecule has 1 aliphatic heterocycles. The smallest absolute Gasteiger partial charge is 0.326 e. The zero-order valence-corrected chi connectivity index (χ0v) is 16.4. The van der Waals surface area contributed by atoms with Gasteiger partial charge in [-0.3, -0.25) is 24.0 Å². The van der Waals surface area contributed by atoms with E-state index in [0.29, 0.717) is 0 Å². The van der Waals surface area contributed by atoms with E-state index in [1.165, 1.54) is 26.1 Å². The highest BCUT2D eigenvalue weighted by Gasteiger charge is 2.62. The first-order valence-electron chi connectivity index (χ1n) is 9.29. The predicted octanol–water partition coefficient (Wildman–Crippen LogP) is 1.68. The van der Waals surface area contributed by atoms with Gasteiger partial charge >= 0.3 is 11.9 Å². The van der Waals surface area contributed by atoms with Crippen molar-refractivity contribution in [2.24, 2.45) is 5.41 Å². The fourth-order valence-corrected chi connectivity index (χ4v) is 3.90. The molecule has 1 aromatic carbocycles. The number of hydrogen-bond acceptors (Lipinski definition) is 7. The molecule has 3 rings (SSSR count). The van der Waals surface area contributed by atoms with Crippen LogP contribution in [0, 0.1) is 5.41 Å². The second-order valence-corrected chi connectivity index (χ2v) is 6.86. The fraction of sp³-hybridized carbons (Fsp3) is 0.381. The van der Waals surface area contributed by atoms with Crippen molar-refractivity contribution in [2.45, 2.75) is 26.7 Å². The lowest BCUT2D eigenvalue weighted by Crippen LogP contribution is -2.45. The lowest BCUT2D eigenvalue weighted by Gasteiger charge is -2.28. The maximum absolute atomic E-state index is 13.3. The molecule has 152 valence electrons. The van der Waals surface area contributed by atoms with Gasteiger partial charge < -0.3 is 14.4 Å². The zero-order chi connectivity index (χ0) is 21.3. The number of fused-ring (bicyclic) bond motifs is 1. The number of Topliss-reactive ketones (excluding diaryl/α,β-unsaturated/α-hetero) is 2. The first-order valence-corrected chi connectivity index (χ1v) is 9.29. The molecular weight excluding hydrogens is 378 g/mol. The number of hydrogen-bond donors (Lipinski definition) is 0. The standard InChI is InChI=1S/C21H21NO7/c1-4-28-20(27)21(10-7-11-29-12(2)23)15-16(22(3)19(21)26)18(25)14-9-6-5-8-13(14)17(15)24/h5-6,8-9H,4,7,10-11H2,1-3H3. The quantitative estimate of drug-likeness (QED) is 0.407. The molecule has 0 aromatic heterocycles. The summed E-state index contributed by atoms with van der Waals surface area (Å²) >= 11 is 0. The van der Waals surface area contributed by atoms with Crippen molar-refractivity contribution >= 4 is 29.4 Å². The number of allylic oxidation sites excluding steroid dienone is 1. The first kappa shape index (κ1) is 20.4. The number of rotatable bonds is 6. The van der Waals surface area contributed by atoms with Crippen molar-refractivity contribution in [3.05, 3.63) is 46.7 Å². The number of ketones is 2. The Morgan fingerprint density at radius 3 is 2.24 bits per heavy atom. The maximum Gasteiger partial charge on any atom is 0.326 e. The molecule has 1 amide bonds. The molecule has 8 nitrogen and oxygen atoms in total. The molecule has 1 unspecified atom stereocenters. The van der Waals surface area contributed by atoms with Gasteiger partial charge in [0.25, 0.3) is 0 Å². The van der Waals surface area contributed by atoms with Gasteiger partial charge in [0.2, 0.25) is 11.7 Å². The summed E-state index contributed by atoms with van der Waals surface area (Å²) in [6.07, 6.45) is 0.0141. The maximum atomic E-state index is 13.3. The van der Waals surface area contributed by atoms with Crippen LogP contribution < -0.4 is 0 Å². The average Bonchev–Trinajstić information content (AvgIpc) is 2.92. The molecule has 2 aliphatic rings. The third-order valence-electron chi connectivity index (χ3n) is 5.15. The lowest BCUT2D eigenvalue weighted by atomic mass is 9.71. The van der Waals surface area contributed by atoms with Crippen LogP contribution in [0.3, 0.4) is 0 Å². The molecule has 0 spiro atoms. The molecule has 8 heteroatoms. The van der Waals surface area contributed by atoms with Crippen LogP contribution in [-0.2, 0) is 23.9 Å². The van der Waals surface area contributed by atoms with Crippen LogP contribution in [0.1, 0.15) is 47.4 Å². The van der Waals surface area contributed by atoms with Gasteiger partial charge in [-0.1, -0.05) is 24.3 Å². The number of nitrogens with zero attached hydrogens (tertiary/aromatic N) is 1. The van der Waals surface area contributed by atoms with E-state index < -0.39 is 34.8 Å². The Kier molecular flexibility index (Phi) is 5.37. The van der Waals surface area contributed by atoms with E-state index in [-0.39, 0.29) is 48.5 Å². The Hall–Kier alpha value is -3.29. The van der Waals surface area contributed by atoms with Crippen molar-refractivity contribution in [3.63, 3.8) is 0 Å². The summed E-state index contributed by atoms with van der Waals surface area (Å²) < 4.78 is 10.1. The second-order valence-electron chi connectivity index (χ2n) is 6.86. The number of likely N-dealkylation sites (N-methyl/N-ethyl adjacent to an activating group) is 1. The molecule has 1 aromatic rings. The van der Waals surface area contributed by atoms with E-state index in [1.807, 2.05) is 0 Å². The van der Waals surface area contributed by atoms with Gasteiger partial charge in [-0.25, -0.2) is 0 Å². The molecule has 0 radical (unpaired) electrons. The number of ether oxygens (including phenoxy) is 2. The van der Waals surface area contributed by atoms with Crippen molar-refractivity contribution in [1.29, 1.82) is 0 Å². The van der Waals surface area contributed by atoms with Crippen LogP contribution in [0.15, 0.2) is 35.5 Å². The van der Waals surface area contributed by atoms with E-state index in [1.54, 1.807) is 19.1 Å². The van der Waals surface area contributed by atoms with Crippen LogP contribution >= 0.6 is 0 Å². The number of benzene rings is 1. The minimum atomic E-state index is -1.94. The SMILES string of the molecule is CCOC(=O)C1(CCCOC(C)=O)C(=O)N(C)C2=C1C(=O)c1ccccc1C2=O. The van der Waals surface area contributed by atoms with Gasteiger partial charge in [0, 0.05) is 25.1 Å². The minimum absolute atomic E-state index is 0.00284. The monoisotopic (exact) mass is 399 g/mol. The van der Waals surface area contributed by atoms with Crippen LogP contribution in [0.25, 0.3) is 0 Å². The summed E-state index contributed by atoms with van der Waals surface area (Å²) in [5.74, 6) is -3.11. The Balaban J connectivity index is 2.13. The van der Waals surface area contributed by atoms with E-state index in [0.717, 1.165) is 4.90 Å². The van der Waals surface area contributed by atoms with Crippen LogP contribution in [0.5, 0.6) is 0 Å². The topological polar surface area (TPSA) is 107 Å². The minimum Gasteiger partial charge on any atom is -0.466 e. The Labute approximate surface area is 167 Å². The van der Waals surface area contributed by atoms with Gasteiger partial charge in [0.1, 0.15) is 5.70 Å². The number of carbonyl (C=O) groups is 5. The second kappa shape index (κ2) is 7.62. The highest BCUT2D eigenvalue weighted by molar-refractivity contribution is 6.34. The molecule has 0 saturated heterocycles. The van der Waals surface area contributed by atoms with E-state index in [9.17, 15) is 24.0 Å². The molecular formula is C21H21NO7. The Morgan fingerprint density at radius 2 is 1.66 bits per heavy atom. The van der Waals surface area contributed by atoms with Gasteiger partial charge in [-0.05, 0) is 19.8 Å². The number of carbonyl (C=O) groups excluding carboxylic acids is 5. The first-order chi connectivity index (χ1) is 13.8. The Bertz CT molecular complexity index is 962. The number of esters is 2. The van der Waals surface area contributed by atoms with Gasteiger partial charge in [-0.2, -0.15) is 0 Å². The highest BCUT2D eigenvalue weighted by Crippen LogP contribution is 2.48. The molecule has 0 bridgehead atoms. The van der Waals surface area contributed by atoms with Crippen molar-refractivity contribution < 1.29 is 33.4 Å². The van der Waals surface area contributed by atoms with Gasteiger partial charge in [-0.15, -0.1) is 0 Å². The van der Waals surface area contributed by atoms with Gasteiger partial charge in [0.05, 0.1) is 18.8 Å². The van der Waals surface area contributed by atoms with Crippen LogP contribution in [-0.4, -0.2) is 54.6 Å². The summed E-state index contributed by atoms with van der Waals surface area (Å²) in [7, 11) is 1.36. The summed E-state index contributed by atoms with van der Waals surface area (Å²) in [6, 6.07) is 6.26. The fourth-order valence-electron chi connectivity index (χ4n) is 3.90.